The summed E-state index contributed by atoms with van der Waals surface area (Å²) in [6.07, 6.45) is 0. The number of hydrogen-bond acceptors (Lipinski definition) is 4. The lowest BCUT2D eigenvalue weighted by Crippen LogP contribution is -2.35. The minimum Gasteiger partial charge on any atom is -0.495 e. The Morgan fingerprint density at radius 1 is 1.00 bits per heavy atom. The Balaban J connectivity index is 2.05. The number of hydrogen-bond donors (Lipinski definition) is 1. The molecule has 3 aromatic rings. The predicted molar refractivity (Wildman–Crippen MR) is 88.1 cm³/mol. The molecule has 0 aliphatic rings. The number of halogens is 1. The summed E-state index contributed by atoms with van der Waals surface area (Å²) in [6.45, 7) is 0. The molecule has 110 valence electrons. The van der Waals surface area contributed by atoms with Crippen LogP contribution >= 0.6 is 11.6 Å². The van der Waals surface area contributed by atoms with E-state index in [1.54, 1.807) is 30.3 Å². The fourth-order valence-corrected chi connectivity index (χ4v) is 2.48. The third kappa shape index (κ3) is 2.38. The smallest absolute Gasteiger partial charge is 0.250 e. The molecule has 0 fully saturated rings. The molecule has 0 spiro atoms. The summed E-state index contributed by atoms with van der Waals surface area (Å²) in [5.74, 6) is 0.538. The highest BCUT2D eigenvalue weighted by Gasteiger charge is 2.23. The Morgan fingerprint density at radius 3 is 2.41 bits per heavy atom. The van der Waals surface area contributed by atoms with Crippen LogP contribution in [-0.2, 0) is 0 Å². The van der Waals surface area contributed by atoms with E-state index in [1.807, 2.05) is 18.2 Å². The number of nitrogens with one attached hydrogen (secondary N) is 1. The second-order valence-electron chi connectivity index (χ2n) is 4.74. The van der Waals surface area contributed by atoms with Gasteiger partial charge in [0, 0.05) is 5.02 Å². The van der Waals surface area contributed by atoms with Crippen molar-refractivity contribution < 1.29 is 4.74 Å². The lowest BCUT2D eigenvalue weighted by atomic mass is 9.98. The average Bonchev–Trinajstić information content (AvgIpc) is 2.55. The van der Waals surface area contributed by atoms with Gasteiger partial charge in [-0.1, -0.05) is 41.9 Å². The lowest BCUT2D eigenvalue weighted by Gasteiger charge is -2.15. The molecule has 0 saturated carbocycles. The van der Waals surface area contributed by atoms with Crippen molar-refractivity contribution >= 4 is 23.0 Å². The van der Waals surface area contributed by atoms with Crippen LogP contribution in [0.1, 0.15) is 0 Å². The largest absolute Gasteiger partial charge is 0.495 e. The van der Waals surface area contributed by atoms with Crippen molar-refractivity contribution in [1.82, 2.24) is 0 Å². The summed E-state index contributed by atoms with van der Waals surface area (Å²) in [5.41, 5.74) is 0.856. The molecule has 5 heteroatoms. The van der Waals surface area contributed by atoms with E-state index >= 15 is 0 Å². The number of benzene rings is 2. The Labute approximate surface area is 131 Å². The van der Waals surface area contributed by atoms with Gasteiger partial charge in [0.25, 0.3) is 5.43 Å². The molecule has 0 radical (unpaired) electrons. The van der Waals surface area contributed by atoms with Crippen molar-refractivity contribution in [2.75, 3.05) is 12.4 Å². The maximum absolute atomic E-state index is 11.9. The maximum atomic E-state index is 11.9. The van der Waals surface area contributed by atoms with Crippen LogP contribution in [-0.4, -0.2) is 7.11 Å². The molecule has 4 nitrogen and oxygen atoms in total. The first-order valence-corrected chi connectivity index (χ1v) is 6.99. The first kappa shape index (κ1) is 14.4. The van der Waals surface area contributed by atoms with E-state index in [1.165, 1.54) is 7.11 Å². The molecule has 0 aliphatic carbocycles. The van der Waals surface area contributed by atoms with Gasteiger partial charge in [0.15, 0.2) is 0 Å². The molecule has 0 unspecified atom stereocenters. The lowest BCUT2D eigenvalue weighted by molar-refractivity contribution is 0.417. The van der Waals surface area contributed by atoms with Crippen LogP contribution in [0.15, 0.2) is 58.1 Å². The first-order valence-electron chi connectivity index (χ1n) is 6.61. The van der Waals surface area contributed by atoms with Gasteiger partial charge in [-0.25, -0.2) is 0 Å². The zero-order valence-electron chi connectivity index (χ0n) is 11.7. The van der Waals surface area contributed by atoms with Gasteiger partial charge in [0.1, 0.15) is 11.4 Å². The molecule has 1 N–H and O–H groups in total. The molecule has 3 aromatic carbocycles. The standard InChI is InChI=1S/C17H12ClNO3/c1-22-13-8-7-11(18)9-12(13)19-15-14(16(20)17(15)21)10-5-3-2-4-6-10/h2-9,19H,1H3. The Hall–Kier alpha value is -2.59. The van der Waals surface area contributed by atoms with Crippen molar-refractivity contribution in [3.8, 4) is 16.9 Å². The van der Waals surface area contributed by atoms with Gasteiger partial charge in [-0.2, -0.15) is 0 Å². The van der Waals surface area contributed by atoms with E-state index in [9.17, 15) is 9.59 Å². The van der Waals surface area contributed by atoms with Crippen molar-refractivity contribution in [3.05, 3.63) is 74.0 Å². The van der Waals surface area contributed by atoms with Crippen LogP contribution < -0.4 is 20.9 Å². The molecule has 0 aromatic heterocycles. The molecule has 0 saturated heterocycles. The quantitative estimate of drug-likeness (QED) is 0.750. The zero-order valence-corrected chi connectivity index (χ0v) is 12.5. The predicted octanol–water partition coefficient (Wildman–Crippen LogP) is 3.36. The highest BCUT2D eigenvalue weighted by atomic mass is 35.5. The molecule has 22 heavy (non-hydrogen) atoms. The van der Waals surface area contributed by atoms with E-state index in [-0.39, 0.29) is 5.69 Å². The van der Waals surface area contributed by atoms with Gasteiger partial charge in [0.05, 0.1) is 18.4 Å². The third-order valence-corrected chi connectivity index (χ3v) is 3.63. The van der Waals surface area contributed by atoms with Crippen molar-refractivity contribution in [1.29, 1.82) is 0 Å². The van der Waals surface area contributed by atoms with Crippen LogP contribution in [0, 0.1) is 0 Å². The van der Waals surface area contributed by atoms with E-state index in [0.717, 1.165) is 0 Å². The Kier molecular flexibility index (Phi) is 3.69. The maximum Gasteiger partial charge on any atom is 0.250 e. The van der Waals surface area contributed by atoms with E-state index in [2.05, 4.69) is 5.32 Å². The van der Waals surface area contributed by atoms with Crippen LogP contribution in [0.25, 0.3) is 11.1 Å². The first-order chi connectivity index (χ1) is 10.6. The Bertz CT molecular complexity index is 896. The second kappa shape index (κ2) is 5.66. The third-order valence-electron chi connectivity index (χ3n) is 3.39. The molecule has 0 atom stereocenters. The van der Waals surface area contributed by atoms with Crippen molar-refractivity contribution in [2.45, 2.75) is 0 Å². The van der Waals surface area contributed by atoms with Crippen LogP contribution in [0.2, 0.25) is 5.02 Å². The normalized spacial score (nSPS) is 10.6. The number of methoxy groups -OCH3 is 1. The van der Waals surface area contributed by atoms with E-state index in [0.29, 0.717) is 27.6 Å². The minimum atomic E-state index is -0.541. The van der Waals surface area contributed by atoms with Gasteiger partial charge in [-0.3, -0.25) is 9.59 Å². The summed E-state index contributed by atoms with van der Waals surface area (Å²) in [6, 6.07) is 14.1. The Morgan fingerprint density at radius 2 is 1.73 bits per heavy atom. The molecule has 3 rings (SSSR count). The average molecular weight is 314 g/mol. The van der Waals surface area contributed by atoms with Crippen LogP contribution in [0.3, 0.4) is 0 Å². The van der Waals surface area contributed by atoms with Gasteiger partial charge in [0.2, 0.25) is 5.43 Å². The number of rotatable bonds is 4. The molecule has 0 heterocycles. The molecule has 0 aliphatic heterocycles. The van der Waals surface area contributed by atoms with Crippen LogP contribution in [0.4, 0.5) is 11.4 Å². The van der Waals surface area contributed by atoms with Crippen LogP contribution in [0.5, 0.6) is 5.75 Å². The van der Waals surface area contributed by atoms with Gasteiger partial charge >= 0.3 is 0 Å². The number of anilines is 2. The summed E-state index contributed by atoms with van der Waals surface area (Å²) < 4.78 is 5.23. The molecule has 0 amide bonds. The topological polar surface area (TPSA) is 55.4 Å². The highest BCUT2D eigenvalue weighted by molar-refractivity contribution is 6.31. The molecule has 0 bridgehead atoms. The summed E-state index contributed by atoms with van der Waals surface area (Å²) in [5, 5.41) is 3.47. The zero-order chi connectivity index (χ0) is 15.7. The van der Waals surface area contributed by atoms with E-state index in [4.69, 9.17) is 16.3 Å². The van der Waals surface area contributed by atoms with Gasteiger partial charge in [-0.15, -0.1) is 0 Å². The number of ether oxygens (including phenoxy) is 1. The van der Waals surface area contributed by atoms with E-state index < -0.39 is 10.9 Å². The second-order valence-corrected chi connectivity index (χ2v) is 5.18. The summed E-state index contributed by atoms with van der Waals surface area (Å²) in [7, 11) is 1.52. The fourth-order valence-electron chi connectivity index (χ4n) is 2.30. The van der Waals surface area contributed by atoms with Gasteiger partial charge < -0.3 is 10.1 Å². The van der Waals surface area contributed by atoms with Crippen molar-refractivity contribution in [3.63, 3.8) is 0 Å². The molecular formula is C17H12ClNO3. The highest BCUT2D eigenvalue weighted by Crippen LogP contribution is 2.32. The fraction of sp³-hybridized carbons (Fsp3) is 0.0588. The van der Waals surface area contributed by atoms with Crippen molar-refractivity contribution in [2.24, 2.45) is 0 Å². The molecular weight excluding hydrogens is 302 g/mol. The minimum absolute atomic E-state index is 0.261. The monoisotopic (exact) mass is 313 g/mol. The summed E-state index contributed by atoms with van der Waals surface area (Å²) >= 11 is 5.97. The summed E-state index contributed by atoms with van der Waals surface area (Å²) in [4.78, 5) is 23.8. The van der Waals surface area contributed by atoms with Gasteiger partial charge in [-0.05, 0) is 23.8 Å². The SMILES string of the molecule is COc1ccc(Cl)cc1Nc1c(-c2ccccc2)c(=O)c1=O.